The highest BCUT2D eigenvalue weighted by Crippen LogP contribution is 2.37. The monoisotopic (exact) mass is 350 g/mol. The predicted octanol–water partition coefficient (Wildman–Crippen LogP) is 2.58. The van der Waals surface area contributed by atoms with Gasteiger partial charge in [-0.3, -0.25) is 9.59 Å². The molecular formula is C14H14F4N2O2S. The summed E-state index contributed by atoms with van der Waals surface area (Å²) >= 11 is 1.35. The van der Waals surface area contributed by atoms with Crippen LogP contribution in [0.15, 0.2) is 6.07 Å². The second kappa shape index (κ2) is 5.77. The van der Waals surface area contributed by atoms with E-state index in [1.807, 2.05) is 5.32 Å². The van der Waals surface area contributed by atoms with Gasteiger partial charge in [-0.05, 0) is 37.3 Å². The lowest BCUT2D eigenvalue weighted by Gasteiger charge is -2.23. The summed E-state index contributed by atoms with van der Waals surface area (Å²) in [7, 11) is 0. The Hall–Kier alpha value is -1.64. The first-order valence-electron chi connectivity index (χ1n) is 7.18. The van der Waals surface area contributed by atoms with Gasteiger partial charge in [-0.1, -0.05) is 0 Å². The molecule has 1 aromatic rings. The van der Waals surface area contributed by atoms with E-state index in [1.165, 1.54) is 11.3 Å². The zero-order chi connectivity index (χ0) is 16.8. The molecule has 126 valence electrons. The van der Waals surface area contributed by atoms with Crippen LogP contribution < -0.4 is 10.6 Å². The molecule has 2 amide bonds. The van der Waals surface area contributed by atoms with Gasteiger partial charge < -0.3 is 10.6 Å². The van der Waals surface area contributed by atoms with Crippen LogP contribution in [0.4, 0.5) is 22.6 Å². The van der Waals surface area contributed by atoms with E-state index in [-0.39, 0.29) is 12.3 Å². The fourth-order valence-corrected chi connectivity index (χ4v) is 3.74. The minimum Gasteiger partial charge on any atom is -0.345 e. The molecule has 0 unspecified atom stereocenters. The molecule has 0 radical (unpaired) electrons. The van der Waals surface area contributed by atoms with Crippen molar-refractivity contribution in [2.75, 3.05) is 5.32 Å². The first-order valence-corrected chi connectivity index (χ1v) is 8.00. The van der Waals surface area contributed by atoms with Crippen molar-refractivity contribution in [2.24, 2.45) is 5.92 Å². The van der Waals surface area contributed by atoms with Crippen LogP contribution in [0, 0.1) is 5.92 Å². The molecule has 0 aromatic carbocycles. The zero-order valence-electron chi connectivity index (χ0n) is 11.9. The molecule has 3 atom stereocenters. The van der Waals surface area contributed by atoms with Crippen molar-refractivity contribution in [3.8, 4) is 0 Å². The van der Waals surface area contributed by atoms with E-state index in [0.717, 1.165) is 10.4 Å². The number of aryl methyl sites for hydroxylation is 1. The summed E-state index contributed by atoms with van der Waals surface area (Å²) in [5.41, 5.74) is 0.816. The first kappa shape index (κ1) is 16.2. The Morgan fingerprint density at radius 3 is 2.61 bits per heavy atom. The summed E-state index contributed by atoms with van der Waals surface area (Å²) in [6, 6.07) is 1.12. The van der Waals surface area contributed by atoms with Gasteiger partial charge in [0.25, 0.3) is 0 Å². The van der Waals surface area contributed by atoms with E-state index in [9.17, 15) is 27.2 Å². The van der Waals surface area contributed by atoms with Crippen molar-refractivity contribution >= 4 is 28.2 Å². The molecule has 23 heavy (non-hydrogen) atoms. The van der Waals surface area contributed by atoms with Crippen LogP contribution in [0.2, 0.25) is 0 Å². The summed E-state index contributed by atoms with van der Waals surface area (Å²) in [6.07, 6.45) is -4.49. The van der Waals surface area contributed by atoms with Crippen molar-refractivity contribution in [1.82, 2.24) is 5.32 Å². The maximum Gasteiger partial charge on any atom is 0.471 e. The van der Waals surface area contributed by atoms with Crippen LogP contribution >= 0.6 is 11.3 Å². The lowest BCUT2D eigenvalue weighted by atomic mass is 9.94. The lowest BCUT2D eigenvalue weighted by Crippen LogP contribution is -2.45. The smallest absolute Gasteiger partial charge is 0.345 e. The molecule has 2 aliphatic carbocycles. The maximum absolute atomic E-state index is 12.8. The van der Waals surface area contributed by atoms with Crippen molar-refractivity contribution in [3.63, 3.8) is 0 Å². The van der Waals surface area contributed by atoms with E-state index >= 15 is 0 Å². The molecule has 2 aliphatic rings. The van der Waals surface area contributed by atoms with Crippen LogP contribution in [0.1, 0.15) is 23.3 Å². The minimum atomic E-state index is -4.89. The van der Waals surface area contributed by atoms with E-state index < -0.39 is 30.2 Å². The molecule has 9 heteroatoms. The molecule has 0 saturated heterocycles. The molecule has 4 nitrogen and oxygen atoms in total. The SMILES string of the molecule is O=C(Nc1cc2c(s1)CC[C@H](NC(=O)C(F)(F)F)C2)[C@H]1C[C@@H]1F. The van der Waals surface area contributed by atoms with Crippen LogP contribution in [0.5, 0.6) is 0 Å². The highest BCUT2D eigenvalue weighted by atomic mass is 32.1. The van der Waals surface area contributed by atoms with Crippen LogP contribution in [0.3, 0.4) is 0 Å². The normalized spacial score (nSPS) is 26.3. The summed E-state index contributed by atoms with van der Waals surface area (Å²) in [4.78, 5) is 23.7. The molecule has 0 spiro atoms. The van der Waals surface area contributed by atoms with Crippen molar-refractivity contribution in [3.05, 3.63) is 16.5 Å². The maximum atomic E-state index is 12.8. The second-order valence-corrected chi connectivity index (χ2v) is 6.95. The fraction of sp³-hybridized carbons (Fsp3) is 0.571. The number of carbonyl (C=O) groups excluding carboxylic acids is 2. The van der Waals surface area contributed by atoms with Crippen LogP contribution in [-0.4, -0.2) is 30.2 Å². The number of hydrogen-bond donors (Lipinski definition) is 2. The summed E-state index contributed by atoms with van der Waals surface area (Å²) < 4.78 is 49.7. The minimum absolute atomic E-state index is 0.239. The molecule has 1 aromatic heterocycles. The van der Waals surface area contributed by atoms with E-state index in [1.54, 1.807) is 6.07 Å². The molecule has 0 aliphatic heterocycles. The van der Waals surface area contributed by atoms with Gasteiger partial charge >= 0.3 is 12.1 Å². The van der Waals surface area contributed by atoms with E-state index in [4.69, 9.17) is 0 Å². The number of thiophene rings is 1. The third kappa shape index (κ3) is 3.65. The van der Waals surface area contributed by atoms with Crippen molar-refractivity contribution < 1.29 is 27.2 Å². The van der Waals surface area contributed by atoms with Crippen molar-refractivity contribution in [1.29, 1.82) is 0 Å². The Bertz CT molecular complexity index is 643. The summed E-state index contributed by atoms with van der Waals surface area (Å²) in [5.74, 6) is -2.89. The zero-order valence-corrected chi connectivity index (χ0v) is 12.7. The average molecular weight is 350 g/mol. The van der Waals surface area contributed by atoms with Gasteiger partial charge in [-0.25, -0.2) is 4.39 Å². The van der Waals surface area contributed by atoms with Gasteiger partial charge in [0, 0.05) is 10.9 Å². The molecule has 0 bridgehead atoms. The lowest BCUT2D eigenvalue weighted by molar-refractivity contribution is -0.174. The predicted molar refractivity (Wildman–Crippen MR) is 76.0 cm³/mol. The number of alkyl halides is 4. The van der Waals surface area contributed by atoms with Crippen LogP contribution in [0.25, 0.3) is 0 Å². The van der Waals surface area contributed by atoms with Gasteiger partial charge in [0.2, 0.25) is 5.91 Å². The highest BCUT2D eigenvalue weighted by molar-refractivity contribution is 7.16. The van der Waals surface area contributed by atoms with Gasteiger partial charge in [-0.15, -0.1) is 11.3 Å². The number of anilines is 1. The van der Waals surface area contributed by atoms with E-state index in [0.29, 0.717) is 24.3 Å². The number of fused-ring (bicyclic) bond motifs is 1. The third-order valence-corrected chi connectivity index (χ3v) is 5.12. The first-order chi connectivity index (χ1) is 10.7. The van der Waals surface area contributed by atoms with Gasteiger partial charge in [0.1, 0.15) is 6.17 Å². The van der Waals surface area contributed by atoms with Gasteiger partial charge in [0.15, 0.2) is 0 Å². The Kier molecular flexibility index (Phi) is 4.07. The second-order valence-electron chi connectivity index (χ2n) is 5.82. The number of rotatable bonds is 3. The van der Waals surface area contributed by atoms with Crippen LogP contribution in [-0.2, 0) is 22.4 Å². The molecule has 1 fully saturated rings. The molecule has 1 heterocycles. The average Bonchev–Trinajstić information content (AvgIpc) is 3.05. The fourth-order valence-electron chi connectivity index (χ4n) is 2.63. The number of hydrogen-bond acceptors (Lipinski definition) is 3. The quantitative estimate of drug-likeness (QED) is 0.824. The Balaban J connectivity index is 1.60. The number of amides is 2. The van der Waals surface area contributed by atoms with Gasteiger partial charge in [0.05, 0.1) is 10.9 Å². The van der Waals surface area contributed by atoms with Crippen molar-refractivity contribution in [2.45, 2.75) is 44.1 Å². The number of carbonyl (C=O) groups is 2. The number of nitrogens with one attached hydrogen (secondary N) is 2. The highest BCUT2D eigenvalue weighted by Gasteiger charge is 2.44. The Morgan fingerprint density at radius 2 is 2.00 bits per heavy atom. The topological polar surface area (TPSA) is 58.2 Å². The number of halogens is 4. The Morgan fingerprint density at radius 1 is 1.30 bits per heavy atom. The molecule has 3 rings (SSSR count). The van der Waals surface area contributed by atoms with Gasteiger partial charge in [-0.2, -0.15) is 13.2 Å². The summed E-state index contributed by atoms with van der Waals surface area (Å²) in [5, 5.41) is 5.20. The standard InChI is InChI=1S/C14H14F4N2O2S/c15-9-5-8(9)12(21)20-11-4-6-3-7(1-2-10(6)23-11)19-13(22)14(16,17)18/h4,7-9H,1-3,5H2,(H,19,22)(H,20,21)/t7-,8-,9-/m0/s1. The molecule has 2 N–H and O–H groups in total. The molecule has 1 saturated carbocycles. The Labute approximate surface area is 133 Å². The summed E-state index contributed by atoms with van der Waals surface area (Å²) in [6.45, 7) is 0. The third-order valence-electron chi connectivity index (χ3n) is 3.97. The largest absolute Gasteiger partial charge is 0.471 e. The van der Waals surface area contributed by atoms with E-state index in [2.05, 4.69) is 5.32 Å². The molecular weight excluding hydrogens is 336 g/mol.